The van der Waals surface area contributed by atoms with Gasteiger partial charge in [0.15, 0.2) is 5.96 Å². The minimum atomic E-state index is -0.145. The number of rotatable bonds is 8. The van der Waals surface area contributed by atoms with Crippen molar-refractivity contribution in [2.24, 2.45) is 4.99 Å². The van der Waals surface area contributed by atoms with Crippen molar-refractivity contribution >= 4 is 47.2 Å². The van der Waals surface area contributed by atoms with Crippen molar-refractivity contribution < 1.29 is 9.53 Å². The monoisotopic (exact) mass is 439 g/mol. The normalized spacial score (nSPS) is 12.2. The van der Waals surface area contributed by atoms with Gasteiger partial charge in [-0.1, -0.05) is 6.92 Å². The predicted molar refractivity (Wildman–Crippen MR) is 103 cm³/mol. The average molecular weight is 439 g/mol. The highest BCUT2D eigenvalue weighted by Gasteiger charge is 2.07. The molecule has 1 atom stereocenters. The lowest BCUT2D eigenvalue weighted by Crippen LogP contribution is -2.39. The van der Waals surface area contributed by atoms with E-state index in [1.807, 2.05) is 6.92 Å². The maximum absolute atomic E-state index is 11.2. The molecule has 0 radical (unpaired) electrons. The number of carbonyl (C=O) groups is 1. The van der Waals surface area contributed by atoms with Gasteiger partial charge in [0.05, 0.1) is 6.61 Å². The second-order valence-electron chi connectivity index (χ2n) is 4.75. The highest BCUT2D eigenvalue weighted by molar-refractivity contribution is 14.0. The fraction of sp³-hybridized carbons (Fsp3) is 0.600. The zero-order chi connectivity index (χ0) is 15.5. The summed E-state index contributed by atoms with van der Waals surface area (Å²) in [6, 6.07) is 2.15. The van der Waals surface area contributed by atoms with Gasteiger partial charge < -0.3 is 15.4 Å². The fourth-order valence-corrected chi connectivity index (χ4v) is 2.60. The molecule has 1 aromatic heterocycles. The summed E-state index contributed by atoms with van der Waals surface area (Å²) in [4.78, 5) is 15.4. The lowest BCUT2D eigenvalue weighted by Gasteiger charge is -2.15. The van der Waals surface area contributed by atoms with Crippen LogP contribution in [0.5, 0.6) is 0 Å². The van der Waals surface area contributed by atoms with Crippen molar-refractivity contribution in [2.45, 2.75) is 32.6 Å². The van der Waals surface area contributed by atoms with E-state index in [1.165, 1.54) is 5.56 Å². The number of guanidine groups is 1. The Kier molecular flexibility index (Phi) is 12.2. The summed E-state index contributed by atoms with van der Waals surface area (Å²) in [5, 5.41) is 10.8. The molecule has 0 aliphatic carbocycles. The van der Waals surface area contributed by atoms with Crippen molar-refractivity contribution in [2.75, 3.05) is 26.7 Å². The number of aliphatic imine (C=N–C) groups is 1. The highest BCUT2D eigenvalue weighted by atomic mass is 127. The molecular weight excluding hydrogens is 413 g/mol. The number of halogens is 1. The molecule has 0 saturated heterocycles. The van der Waals surface area contributed by atoms with E-state index in [2.05, 4.69) is 39.4 Å². The average Bonchev–Trinajstić information content (AvgIpc) is 3.01. The smallest absolute Gasteiger partial charge is 0.305 e. The lowest BCUT2D eigenvalue weighted by atomic mass is 10.1. The third-order valence-electron chi connectivity index (χ3n) is 3.07. The first-order valence-corrected chi connectivity index (χ1v) is 8.23. The summed E-state index contributed by atoms with van der Waals surface area (Å²) in [6.45, 7) is 5.97. The van der Waals surface area contributed by atoms with E-state index >= 15 is 0 Å². The summed E-state index contributed by atoms with van der Waals surface area (Å²) in [7, 11) is 1.75. The van der Waals surface area contributed by atoms with Gasteiger partial charge in [-0.2, -0.15) is 11.3 Å². The zero-order valence-corrected chi connectivity index (χ0v) is 16.6. The molecule has 126 valence electrons. The summed E-state index contributed by atoms with van der Waals surface area (Å²) in [5.41, 5.74) is 1.34. The van der Waals surface area contributed by atoms with Gasteiger partial charge in [-0.15, -0.1) is 24.0 Å². The van der Waals surface area contributed by atoms with Crippen LogP contribution in [0.25, 0.3) is 0 Å². The molecule has 0 aromatic carbocycles. The van der Waals surface area contributed by atoms with Gasteiger partial charge in [0, 0.05) is 26.6 Å². The SMILES string of the molecule is CCOC(=O)CCCNC(=NC)NCC(C)c1ccsc1.I. The second-order valence-corrected chi connectivity index (χ2v) is 5.53. The van der Waals surface area contributed by atoms with E-state index in [4.69, 9.17) is 4.74 Å². The van der Waals surface area contributed by atoms with E-state index in [0.29, 0.717) is 25.5 Å². The topological polar surface area (TPSA) is 62.7 Å². The molecule has 0 amide bonds. The van der Waals surface area contributed by atoms with E-state index in [1.54, 1.807) is 18.4 Å². The standard InChI is InChI=1S/C15H25N3O2S.HI/c1-4-20-14(19)6-5-8-17-15(16-3)18-10-12(2)13-7-9-21-11-13;/h7,9,11-12H,4-6,8,10H2,1-3H3,(H2,16,17,18);1H. The third kappa shape index (κ3) is 8.57. The molecule has 0 aliphatic heterocycles. The maximum Gasteiger partial charge on any atom is 0.305 e. The van der Waals surface area contributed by atoms with E-state index in [0.717, 1.165) is 18.9 Å². The Balaban J connectivity index is 0.00000441. The zero-order valence-electron chi connectivity index (χ0n) is 13.4. The largest absolute Gasteiger partial charge is 0.466 e. The van der Waals surface area contributed by atoms with Crippen LogP contribution in [0.4, 0.5) is 0 Å². The molecule has 1 heterocycles. The van der Waals surface area contributed by atoms with E-state index in [9.17, 15) is 4.79 Å². The number of esters is 1. The Bertz CT molecular complexity index is 438. The third-order valence-corrected chi connectivity index (χ3v) is 3.77. The summed E-state index contributed by atoms with van der Waals surface area (Å²) >= 11 is 1.71. The second kappa shape index (κ2) is 12.7. The molecule has 22 heavy (non-hydrogen) atoms. The molecule has 5 nitrogen and oxygen atoms in total. The summed E-state index contributed by atoms with van der Waals surface area (Å²) in [6.07, 6.45) is 1.17. The minimum absolute atomic E-state index is 0. The van der Waals surface area contributed by atoms with Crippen LogP contribution >= 0.6 is 35.3 Å². The van der Waals surface area contributed by atoms with Crippen LogP contribution in [0.3, 0.4) is 0 Å². The summed E-state index contributed by atoms with van der Waals surface area (Å²) < 4.78 is 4.88. The molecule has 0 saturated carbocycles. The molecule has 7 heteroatoms. The predicted octanol–water partition coefficient (Wildman–Crippen LogP) is 2.98. The van der Waals surface area contributed by atoms with Gasteiger partial charge in [-0.3, -0.25) is 9.79 Å². The van der Waals surface area contributed by atoms with Crippen molar-refractivity contribution in [3.63, 3.8) is 0 Å². The van der Waals surface area contributed by atoms with Gasteiger partial charge in [-0.05, 0) is 41.7 Å². The highest BCUT2D eigenvalue weighted by Crippen LogP contribution is 2.16. The molecule has 1 rings (SSSR count). The van der Waals surface area contributed by atoms with Crippen molar-refractivity contribution in [3.8, 4) is 0 Å². The Morgan fingerprint density at radius 3 is 2.82 bits per heavy atom. The van der Waals surface area contributed by atoms with Gasteiger partial charge >= 0.3 is 5.97 Å². The van der Waals surface area contributed by atoms with Gasteiger partial charge in [0.2, 0.25) is 0 Å². The number of hydrogen-bond donors (Lipinski definition) is 2. The van der Waals surface area contributed by atoms with Crippen LogP contribution in [0.15, 0.2) is 21.8 Å². The first kappa shape index (κ1) is 21.2. The van der Waals surface area contributed by atoms with Crippen molar-refractivity contribution in [1.29, 1.82) is 0 Å². The van der Waals surface area contributed by atoms with Crippen molar-refractivity contribution in [1.82, 2.24) is 10.6 Å². The molecule has 0 spiro atoms. The lowest BCUT2D eigenvalue weighted by molar-refractivity contribution is -0.143. The van der Waals surface area contributed by atoms with Crippen LogP contribution in [0, 0.1) is 0 Å². The quantitative estimate of drug-likeness (QED) is 0.215. The number of carbonyl (C=O) groups excluding carboxylic acids is 1. The van der Waals surface area contributed by atoms with E-state index < -0.39 is 0 Å². The summed E-state index contributed by atoms with van der Waals surface area (Å²) in [5.74, 6) is 1.06. The number of nitrogens with zero attached hydrogens (tertiary/aromatic N) is 1. The molecule has 0 fully saturated rings. The molecule has 0 aliphatic rings. The van der Waals surface area contributed by atoms with Crippen molar-refractivity contribution in [3.05, 3.63) is 22.4 Å². The number of hydrogen-bond acceptors (Lipinski definition) is 4. The Morgan fingerprint density at radius 1 is 1.45 bits per heavy atom. The van der Waals surface area contributed by atoms with Crippen LogP contribution in [0.1, 0.15) is 38.2 Å². The van der Waals surface area contributed by atoms with Crippen LogP contribution < -0.4 is 10.6 Å². The first-order chi connectivity index (χ1) is 10.2. The number of thiophene rings is 1. The van der Waals surface area contributed by atoms with Gasteiger partial charge in [0.1, 0.15) is 0 Å². The van der Waals surface area contributed by atoms with Crippen LogP contribution in [0.2, 0.25) is 0 Å². The molecule has 1 unspecified atom stereocenters. The first-order valence-electron chi connectivity index (χ1n) is 7.29. The van der Waals surface area contributed by atoms with Gasteiger partial charge in [-0.25, -0.2) is 0 Å². The number of ether oxygens (including phenoxy) is 1. The fourth-order valence-electron chi connectivity index (χ4n) is 1.82. The number of nitrogens with one attached hydrogen (secondary N) is 2. The Hall–Kier alpha value is -0.830. The van der Waals surface area contributed by atoms with E-state index in [-0.39, 0.29) is 29.9 Å². The molecule has 2 N–H and O–H groups in total. The maximum atomic E-state index is 11.2. The van der Waals surface area contributed by atoms with Crippen LogP contribution in [-0.2, 0) is 9.53 Å². The molecule has 1 aromatic rings. The van der Waals surface area contributed by atoms with Crippen LogP contribution in [-0.4, -0.2) is 38.7 Å². The molecule has 0 bridgehead atoms. The minimum Gasteiger partial charge on any atom is -0.466 e. The Morgan fingerprint density at radius 2 is 2.23 bits per heavy atom. The Labute approximate surface area is 154 Å². The van der Waals surface area contributed by atoms with Gasteiger partial charge in [0.25, 0.3) is 0 Å². The molecular formula is C15H26IN3O2S.